The average Bonchev–Trinajstić information content (AvgIpc) is 2.78. The normalized spacial score (nSPS) is 22.1. The van der Waals surface area contributed by atoms with Gasteiger partial charge in [0, 0.05) is 18.7 Å². The molecule has 1 saturated heterocycles. The van der Waals surface area contributed by atoms with Crippen LogP contribution in [0.15, 0.2) is 18.2 Å². The molecule has 0 aliphatic carbocycles. The lowest BCUT2D eigenvalue weighted by Gasteiger charge is -2.20. The quantitative estimate of drug-likeness (QED) is 0.920. The van der Waals surface area contributed by atoms with Gasteiger partial charge < -0.3 is 10.0 Å². The summed E-state index contributed by atoms with van der Waals surface area (Å²) >= 11 is 0. The van der Waals surface area contributed by atoms with E-state index in [1.807, 2.05) is 0 Å². The Morgan fingerprint density at radius 3 is 2.70 bits per heavy atom. The molecule has 1 heterocycles. The van der Waals surface area contributed by atoms with Crippen molar-refractivity contribution in [1.82, 2.24) is 4.90 Å². The molecule has 1 amide bonds. The van der Waals surface area contributed by atoms with Gasteiger partial charge in [-0.1, -0.05) is 0 Å². The number of carbonyl (C=O) groups excluding carboxylic acids is 1. The third-order valence-corrected chi connectivity index (χ3v) is 3.69. The number of halogens is 2. The number of amides is 1. The largest absolute Gasteiger partial charge is 0.481 e. The zero-order valence-electron chi connectivity index (χ0n) is 11.0. The van der Waals surface area contributed by atoms with E-state index in [1.54, 1.807) is 6.92 Å². The summed E-state index contributed by atoms with van der Waals surface area (Å²) in [7, 11) is 0. The Hall–Kier alpha value is -1.98. The van der Waals surface area contributed by atoms with Crippen LogP contribution in [0.1, 0.15) is 18.9 Å². The first kappa shape index (κ1) is 14.4. The van der Waals surface area contributed by atoms with Crippen LogP contribution < -0.4 is 0 Å². The Morgan fingerprint density at radius 1 is 1.40 bits per heavy atom. The predicted molar refractivity (Wildman–Crippen MR) is 67.0 cm³/mol. The molecule has 0 saturated carbocycles. The van der Waals surface area contributed by atoms with E-state index in [1.165, 1.54) is 4.90 Å². The Morgan fingerprint density at radius 2 is 2.10 bits per heavy atom. The Bertz CT molecular complexity index is 561. The first-order valence-corrected chi connectivity index (χ1v) is 6.27. The van der Waals surface area contributed by atoms with Gasteiger partial charge in [0.2, 0.25) is 5.91 Å². The van der Waals surface area contributed by atoms with Gasteiger partial charge in [0.05, 0.1) is 11.8 Å². The van der Waals surface area contributed by atoms with E-state index in [2.05, 4.69) is 0 Å². The second-order valence-corrected chi connectivity index (χ2v) is 5.34. The molecule has 0 radical (unpaired) electrons. The summed E-state index contributed by atoms with van der Waals surface area (Å²) in [6.45, 7) is 1.99. The SMILES string of the molecule is CC1(C(=O)O)CCN(C(=O)Cc2cc(F)ccc2F)C1. The molecule has 2 rings (SSSR count). The highest BCUT2D eigenvalue weighted by atomic mass is 19.1. The summed E-state index contributed by atoms with van der Waals surface area (Å²) in [6.07, 6.45) is 0.0962. The zero-order chi connectivity index (χ0) is 14.9. The topological polar surface area (TPSA) is 57.6 Å². The average molecular weight is 283 g/mol. The van der Waals surface area contributed by atoms with E-state index in [0.29, 0.717) is 13.0 Å². The van der Waals surface area contributed by atoms with Crippen molar-refractivity contribution < 1.29 is 23.5 Å². The van der Waals surface area contributed by atoms with Crippen LogP contribution in [0.3, 0.4) is 0 Å². The van der Waals surface area contributed by atoms with E-state index in [9.17, 15) is 18.4 Å². The molecule has 0 aromatic heterocycles. The van der Waals surface area contributed by atoms with Crippen molar-refractivity contribution in [1.29, 1.82) is 0 Å². The number of likely N-dealkylation sites (tertiary alicyclic amines) is 1. The zero-order valence-corrected chi connectivity index (χ0v) is 11.0. The molecule has 1 aliphatic rings. The van der Waals surface area contributed by atoms with Crippen LogP contribution >= 0.6 is 0 Å². The number of benzene rings is 1. The highest BCUT2D eigenvalue weighted by Crippen LogP contribution is 2.30. The Labute approximate surface area is 115 Å². The summed E-state index contributed by atoms with van der Waals surface area (Å²) < 4.78 is 26.5. The molecule has 1 fully saturated rings. The highest BCUT2D eigenvalue weighted by Gasteiger charge is 2.42. The molecule has 1 aromatic rings. The molecular formula is C14H15F2NO3. The number of hydrogen-bond donors (Lipinski definition) is 1. The number of carboxylic acids is 1. The molecule has 1 unspecified atom stereocenters. The van der Waals surface area contributed by atoms with Gasteiger partial charge in [0.15, 0.2) is 0 Å². The number of hydrogen-bond acceptors (Lipinski definition) is 2. The van der Waals surface area contributed by atoms with Crippen LogP contribution in [-0.2, 0) is 16.0 Å². The molecule has 6 heteroatoms. The minimum absolute atomic E-state index is 0.0149. The molecule has 4 nitrogen and oxygen atoms in total. The van der Waals surface area contributed by atoms with Crippen molar-refractivity contribution >= 4 is 11.9 Å². The first-order valence-electron chi connectivity index (χ1n) is 6.27. The van der Waals surface area contributed by atoms with E-state index in [0.717, 1.165) is 18.2 Å². The molecule has 1 aromatic carbocycles. The summed E-state index contributed by atoms with van der Waals surface area (Å²) in [5.41, 5.74) is -0.977. The van der Waals surface area contributed by atoms with Crippen LogP contribution in [-0.4, -0.2) is 35.0 Å². The van der Waals surface area contributed by atoms with Crippen molar-refractivity contribution in [3.63, 3.8) is 0 Å². The van der Waals surface area contributed by atoms with Gasteiger partial charge >= 0.3 is 5.97 Å². The van der Waals surface area contributed by atoms with E-state index >= 15 is 0 Å². The Balaban J connectivity index is 2.07. The lowest BCUT2D eigenvalue weighted by molar-refractivity contribution is -0.147. The van der Waals surface area contributed by atoms with Gasteiger partial charge in [-0.15, -0.1) is 0 Å². The maximum absolute atomic E-state index is 13.5. The number of aliphatic carboxylic acids is 1. The molecule has 108 valence electrons. The van der Waals surface area contributed by atoms with E-state index in [4.69, 9.17) is 5.11 Å². The summed E-state index contributed by atoms with van der Waals surface area (Å²) in [5.74, 6) is -2.59. The second kappa shape index (κ2) is 5.19. The third-order valence-electron chi connectivity index (χ3n) is 3.69. The van der Waals surface area contributed by atoms with Crippen molar-refractivity contribution in [2.24, 2.45) is 5.41 Å². The number of rotatable bonds is 3. The third kappa shape index (κ3) is 2.79. The van der Waals surface area contributed by atoms with Crippen molar-refractivity contribution in [2.45, 2.75) is 19.8 Å². The number of carboxylic acid groups (broad SMARTS) is 1. The van der Waals surface area contributed by atoms with Gasteiger partial charge in [0.25, 0.3) is 0 Å². The standard InChI is InChI=1S/C14H15F2NO3/c1-14(13(19)20)4-5-17(8-14)12(18)7-9-6-10(15)2-3-11(9)16/h2-3,6H,4-5,7-8H2,1H3,(H,19,20). The monoisotopic (exact) mass is 283 g/mol. The van der Waals surface area contributed by atoms with Crippen LogP contribution in [0.25, 0.3) is 0 Å². The lowest BCUT2D eigenvalue weighted by atomic mass is 9.90. The smallest absolute Gasteiger partial charge is 0.311 e. The van der Waals surface area contributed by atoms with Crippen LogP contribution in [0.4, 0.5) is 8.78 Å². The summed E-state index contributed by atoms with van der Waals surface area (Å²) in [5, 5.41) is 9.09. The van der Waals surface area contributed by atoms with Gasteiger partial charge in [-0.2, -0.15) is 0 Å². The minimum Gasteiger partial charge on any atom is -0.481 e. The van der Waals surface area contributed by atoms with Crippen molar-refractivity contribution in [2.75, 3.05) is 13.1 Å². The molecule has 1 aliphatic heterocycles. The number of carbonyl (C=O) groups is 2. The van der Waals surface area contributed by atoms with E-state index < -0.39 is 23.0 Å². The maximum atomic E-state index is 13.5. The highest BCUT2D eigenvalue weighted by molar-refractivity contribution is 5.82. The second-order valence-electron chi connectivity index (χ2n) is 5.34. The number of nitrogens with zero attached hydrogens (tertiary/aromatic N) is 1. The molecule has 1 N–H and O–H groups in total. The Kier molecular flexibility index (Phi) is 3.74. The lowest BCUT2D eigenvalue weighted by Crippen LogP contribution is -2.35. The maximum Gasteiger partial charge on any atom is 0.311 e. The fourth-order valence-corrected chi connectivity index (χ4v) is 2.30. The van der Waals surface area contributed by atoms with Crippen molar-refractivity contribution in [3.8, 4) is 0 Å². The van der Waals surface area contributed by atoms with Gasteiger partial charge in [-0.3, -0.25) is 9.59 Å². The summed E-state index contributed by atoms with van der Waals surface area (Å²) in [6, 6.07) is 2.95. The molecule has 0 bridgehead atoms. The van der Waals surface area contributed by atoms with Crippen LogP contribution in [0.5, 0.6) is 0 Å². The predicted octanol–water partition coefficient (Wildman–Crippen LogP) is 1.83. The van der Waals surface area contributed by atoms with Crippen LogP contribution in [0.2, 0.25) is 0 Å². The summed E-state index contributed by atoms with van der Waals surface area (Å²) in [4.78, 5) is 24.5. The minimum atomic E-state index is -0.962. The van der Waals surface area contributed by atoms with Crippen LogP contribution in [0, 0.1) is 17.0 Å². The van der Waals surface area contributed by atoms with Gasteiger partial charge in [0.1, 0.15) is 11.6 Å². The molecular weight excluding hydrogens is 268 g/mol. The molecule has 20 heavy (non-hydrogen) atoms. The van der Waals surface area contributed by atoms with Gasteiger partial charge in [-0.05, 0) is 31.5 Å². The fourth-order valence-electron chi connectivity index (χ4n) is 2.30. The van der Waals surface area contributed by atoms with Gasteiger partial charge in [-0.25, -0.2) is 8.78 Å². The molecule has 0 spiro atoms. The van der Waals surface area contributed by atoms with E-state index in [-0.39, 0.29) is 24.4 Å². The first-order chi connectivity index (χ1) is 9.32. The van der Waals surface area contributed by atoms with Crippen molar-refractivity contribution in [3.05, 3.63) is 35.4 Å². The fraction of sp³-hybridized carbons (Fsp3) is 0.429. The molecule has 1 atom stereocenters.